The quantitative estimate of drug-likeness (QED) is 0.206. The number of amides is 1. The van der Waals surface area contributed by atoms with Crippen LogP contribution >= 0.6 is 0 Å². The molecule has 0 spiro atoms. The van der Waals surface area contributed by atoms with Gasteiger partial charge in [-0.25, -0.2) is 9.97 Å². The lowest BCUT2D eigenvalue weighted by molar-refractivity contribution is -0.117. The Balaban J connectivity index is 1.42. The Labute approximate surface area is 263 Å². The molecule has 10 nitrogen and oxygen atoms in total. The number of rotatable bonds is 6. The third-order valence-corrected chi connectivity index (χ3v) is 8.56. The number of aromatic amines is 1. The summed E-state index contributed by atoms with van der Waals surface area (Å²) in [6, 6.07) is 11.0. The van der Waals surface area contributed by atoms with E-state index in [0.29, 0.717) is 30.2 Å². The Kier molecular flexibility index (Phi) is 7.91. The van der Waals surface area contributed by atoms with E-state index in [1.165, 1.54) is 0 Å². The first kappa shape index (κ1) is 30.7. The van der Waals surface area contributed by atoms with Gasteiger partial charge in [-0.1, -0.05) is 32.0 Å². The molecule has 10 heteroatoms. The van der Waals surface area contributed by atoms with Gasteiger partial charge in [-0.2, -0.15) is 0 Å². The molecule has 1 saturated heterocycles. The minimum absolute atomic E-state index is 0.00681. The maximum atomic E-state index is 13.3. The molecule has 45 heavy (non-hydrogen) atoms. The first-order chi connectivity index (χ1) is 21.3. The molecule has 236 valence electrons. The van der Waals surface area contributed by atoms with Gasteiger partial charge in [0.1, 0.15) is 23.0 Å². The first-order valence-electron chi connectivity index (χ1n) is 15.6. The van der Waals surface area contributed by atoms with E-state index in [4.69, 9.17) is 19.2 Å². The minimum atomic E-state index is -0.232. The number of carbonyl (C=O) groups excluding carboxylic acids is 1. The van der Waals surface area contributed by atoms with Crippen molar-refractivity contribution in [3.8, 4) is 28.1 Å². The molecule has 1 amide bonds. The average Bonchev–Trinajstić information content (AvgIpc) is 3.48. The van der Waals surface area contributed by atoms with Crippen molar-refractivity contribution in [2.75, 3.05) is 32.1 Å². The van der Waals surface area contributed by atoms with Crippen LogP contribution in [-0.2, 0) is 10.2 Å². The molecule has 6 rings (SSSR count). The molecule has 2 atom stereocenters. The number of piperazine rings is 1. The van der Waals surface area contributed by atoms with Gasteiger partial charge in [0.05, 0.1) is 36.0 Å². The lowest BCUT2D eigenvalue weighted by Crippen LogP contribution is -2.55. The fourth-order valence-corrected chi connectivity index (χ4v) is 6.76. The highest BCUT2D eigenvalue weighted by molar-refractivity contribution is 6.13. The van der Waals surface area contributed by atoms with Crippen LogP contribution in [0.25, 0.3) is 44.3 Å². The van der Waals surface area contributed by atoms with Crippen LogP contribution in [0.3, 0.4) is 0 Å². The molecular formula is C35H43N7O3. The van der Waals surface area contributed by atoms with Crippen molar-refractivity contribution in [2.24, 2.45) is 0 Å². The number of fused-ring (bicyclic) bond motifs is 3. The van der Waals surface area contributed by atoms with Crippen LogP contribution in [0.1, 0.15) is 57.5 Å². The van der Waals surface area contributed by atoms with Gasteiger partial charge in [0, 0.05) is 52.9 Å². The zero-order valence-corrected chi connectivity index (χ0v) is 27.7. The van der Waals surface area contributed by atoms with Gasteiger partial charge in [-0.05, 0) is 69.9 Å². The van der Waals surface area contributed by atoms with Crippen LogP contribution in [0.2, 0.25) is 0 Å². The normalized spacial score (nSPS) is 17.7. The van der Waals surface area contributed by atoms with Crippen molar-refractivity contribution >= 4 is 33.5 Å². The van der Waals surface area contributed by atoms with Crippen molar-refractivity contribution < 1.29 is 14.1 Å². The molecule has 4 heterocycles. The van der Waals surface area contributed by atoms with E-state index in [-0.39, 0.29) is 11.3 Å². The summed E-state index contributed by atoms with van der Waals surface area (Å²) in [5.74, 6) is 2.10. The minimum Gasteiger partial charge on any atom is -0.496 e. The van der Waals surface area contributed by atoms with Gasteiger partial charge in [0.15, 0.2) is 0 Å². The number of hydrogen-bond acceptors (Lipinski definition) is 8. The van der Waals surface area contributed by atoms with Crippen LogP contribution in [0.4, 0.5) is 5.69 Å². The summed E-state index contributed by atoms with van der Waals surface area (Å²) >= 11 is 0. The molecule has 0 aliphatic carbocycles. The fraction of sp³-hybridized carbons (Fsp3) is 0.429. The first-order valence-corrected chi connectivity index (χ1v) is 15.6. The predicted octanol–water partition coefficient (Wildman–Crippen LogP) is 6.29. The third kappa shape index (κ3) is 5.92. The Bertz CT molecular complexity index is 1890. The number of H-pyrrole nitrogens is 1. The van der Waals surface area contributed by atoms with Crippen molar-refractivity contribution in [1.82, 2.24) is 30.3 Å². The van der Waals surface area contributed by atoms with Crippen LogP contribution in [0.5, 0.6) is 5.75 Å². The number of carbonyl (C=O) groups is 1. The molecule has 1 aliphatic rings. The zero-order chi connectivity index (χ0) is 32.2. The smallest absolute Gasteiger partial charge is 0.238 e. The number of methoxy groups -OCH3 is 1. The second-order valence-electron chi connectivity index (χ2n) is 13.5. The molecule has 0 unspecified atom stereocenters. The summed E-state index contributed by atoms with van der Waals surface area (Å²) in [6.45, 7) is 18.6. The molecule has 1 aliphatic heterocycles. The average molecular weight is 610 g/mol. The second kappa shape index (κ2) is 11.6. The number of aryl methyl sites for hydroxylation is 3. The van der Waals surface area contributed by atoms with E-state index >= 15 is 0 Å². The number of ether oxygens (including phenoxy) is 1. The lowest BCUT2D eigenvalue weighted by Gasteiger charge is -2.35. The van der Waals surface area contributed by atoms with Gasteiger partial charge in [0.2, 0.25) is 5.91 Å². The Morgan fingerprint density at radius 3 is 2.47 bits per heavy atom. The topological polar surface area (TPSA) is 121 Å². The van der Waals surface area contributed by atoms with Gasteiger partial charge >= 0.3 is 0 Å². The summed E-state index contributed by atoms with van der Waals surface area (Å²) in [6.07, 6.45) is 0. The SMILES string of the molecule is COc1cc2c(cc1-c1c(C)noc1C)[nH]c1nc(C)nc(-c3ccc(NC(=O)CN4C[C@@H](C)N[C@@H](C)C4)c(C(C)(C)C)c3)c12. The highest BCUT2D eigenvalue weighted by Crippen LogP contribution is 2.42. The lowest BCUT2D eigenvalue weighted by atomic mass is 9.84. The van der Waals surface area contributed by atoms with Crippen molar-refractivity contribution in [1.29, 1.82) is 0 Å². The third-order valence-electron chi connectivity index (χ3n) is 8.56. The fourth-order valence-electron chi connectivity index (χ4n) is 6.76. The van der Waals surface area contributed by atoms with Gasteiger partial charge in [0.25, 0.3) is 0 Å². The standard InChI is InChI=1S/C35H43N7O3/c1-18-15-42(16-19(2)36-18)17-30(43)39-27-11-10-23(12-26(27)35(6,7)8)33-32-24-14-29(44-9)25(31-20(3)41-45-21(31)4)13-28(24)40-34(32)38-22(5)37-33/h10-14,18-19,36H,15-17H2,1-9H3,(H,39,43)(H,37,38,40)/t18-,19+. The largest absolute Gasteiger partial charge is 0.496 e. The molecule has 2 aromatic carbocycles. The van der Waals surface area contributed by atoms with E-state index < -0.39 is 0 Å². The summed E-state index contributed by atoms with van der Waals surface area (Å²) in [5.41, 5.74) is 7.69. The summed E-state index contributed by atoms with van der Waals surface area (Å²) in [4.78, 5) is 28.7. The maximum Gasteiger partial charge on any atom is 0.238 e. The van der Waals surface area contributed by atoms with Crippen molar-refractivity contribution in [3.05, 3.63) is 53.2 Å². The van der Waals surface area contributed by atoms with E-state index in [1.54, 1.807) is 7.11 Å². The molecule has 5 aromatic rings. The van der Waals surface area contributed by atoms with Crippen LogP contribution in [0, 0.1) is 20.8 Å². The van der Waals surface area contributed by atoms with E-state index in [0.717, 1.165) is 80.1 Å². The number of anilines is 1. The zero-order valence-electron chi connectivity index (χ0n) is 27.7. The molecule has 0 radical (unpaired) electrons. The van der Waals surface area contributed by atoms with Gasteiger partial charge < -0.3 is 24.9 Å². The van der Waals surface area contributed by atoms with Crippen molar-refractivity contribution in [2.45, 2.75) is 72.9 Å². The monoisotopic (exact) mass is 609 g/mol. The highest BCUT2D eigenvalue weighted by atomic mass is 16.5. The van der Waals surface area contributed by atoms with Crippen LogP contribution in [-0.4, -0.2) is 69.7 Å². The summed E-state index contributed by atoms with van der Waals surface area (Å²) < 4.78 is 11.3. The summed E-state index contributed by atoms with van der Waals surface area (Å²) in [7, 11) is 1.67. The molecule has 3 N–H and O–H groups in total. The maximum absolute atomic E-state index is 13.3. The molecule has 1 fully saturated rings. The van der Waals surface area contributed by atoms with Crippen LogP contribution in [0.15, 0.2) is 34.9 Å². The van der Waals surface area contributed by atoms with Crippen molar-refractivity contribution in [3.63, 3.8) is 0 Å². The number of aromatic nitrogens is 4. The molecular weight excluding hydrogens is 566 g/mol. The highest BCUT2D eigenvalue weighted by Gasteiger charge is 2.26. The Morgan fingerprint density at radius 2 is 1.82 bits per heavy atom. The van der Waals surface area contributed by atoms with Gasteiger partial charge in [-0.15, -0.1) is 0 Å². The Morgan fingerprint density at radius 1 is 1.09 bits per heavy atom. The Hall–Kier alpha value is -4.28. The van der Waals surface area contributed by atoms with Crippen LogP contribution < -0.4 is 15.4 Å². The molecule has 0 bridgehead atoms. The molecule has 0 saturated carbocycles. The molecule has 3 aromatic heterocycles. The number of benzene rings is 2. The number of hydrogen-bond donors (Lipinski definition) is 3. The number of nitrogens with one attached hydrogen (secondary N) is 3. The van der Waals surface area contributed by atoms with E-state index in [1.807, 2.05) is 39.0 Å². The summed E-state index contributed by atoms with van der Waals surface area (Å²) in [5, 5.41) is 12.8. The van der Waals surface area contributed by atoms with Gasteiger partial charge in [-0.3, -0.25) is 9.69 Å². The second-order valence-corrected chi connectivity index (χ2v) is 13.5. The predicted molar refractivity (Wildman–Crippen MR) is 179 cm³/mol. The number of nitrogens with zero attached hydrogens (tertiary/aromatic N) is 4. The van der Waals surface area contributed by atoms with E-state index in [9.17, 15) is 4.79 Å². The van der Waals surface area contributed by atoms with E-state index in [2.05, 4.69) is 72.4 Å².